The van der Waals surface area contributed by atoms with Crippen molar-refractivity contribution in [1.29, 1.82) is 0 Å². The molecule has 0 bridgehead atoms. The first-order valence-electron chi connectivity index (χ1n) is 8.92. The van der Waals surface area contributed by atoms with E-state index in [-0.39, 0.29) is 12.2 Å². The molecule has 1 aromatic carbocycles. The van der Waals surface area contributed by atoms with Crippen LogP contribution in [-0.2, 0) is 6.42 Å². The molecule has 29 heavy (non-hydrogen) atoms. The minimum Gasteiger partial charge on any atom is -0.307 e. The van der Waals surface area contributed by atoms with Gasteiger partial charge in [0.25, 0.3) is 0 Å². The lowest BCUT2D eigenvalue weighted by atomic mass is 10.1. The van der Waals surface area contributed by atoms with Crippen LogP contribution in [0.1, 0.15) is 15.9 Å². The number of aromatic nitrogens is 5. The molecule has 0 saturated carbocycles. The normalized spacial score (nSPS) is 11.0. The number of ketones is 1. The summed E-state index contributed by atoms with van der Waals surface area (Å²) in [4.78, 5) is 35.0. The molecule has 1 N–H and O–H groups in total. The van der Waals surface area contributed by atoms with Gasteiger partial charge in [-0.05, 0) is 17.7 Å². The van der Waals surface area contributed by atoms with Gasteiger partial charge in [0, 0.05) is 36.0 Å². The third kappa shape index (κ3) is 3.41. The molecule has 7 nitrogen and oxygen atoms in total. The zero-order valence-electron chi connectivity index (χ0n) is 15.1. The minimum atomic E-state index is 0.0326. The van der Waals surface area contributed by atoms with Crippen molar-refractivity contribution >= 4 is 49.3 Å². The molecule has 140 valence electrons. The van der Waals surface area contributed by atoms with E-state index in [1.807, 2.05) is 30.3 Å². The Balaban J connectivity index is 1.38. The van der Waals surface area contributed by atoms with Crippen LogP contribution in [0, 0.1) is 0 Å². The van der Waals surface area contributed by atoms with Crippen LogP contribution in [0.4, 0.5) is 11.8 Å². The Labute approximate surface area is 169 Å². The quantitative estimate of drug-likeness (QED) is 0.444. The van der Waals surface area contributed by atoms with Crippen LogP contribution in [0.25, 0.3) is 20.4 Å². The van der Waals surface area contributed by atoms with E-state index >= 15 is 0 Å². The summed E-state index contributed by atoms with van der Waals surface area (Å²) in [6.45, 7) is 0. The second-order valence-corrected chi connectivity index (χ2v) is 7.36. The second-order valence-electron chi connectivity index (χ2n) is 6.36. The van der Waals surface area contributed by atoms with Gasteiger partial charge in [0.1, 0.15) is 11.2 Å². The predicted molar refractivity (Wildman–Crippen MR) is 113 cm³/mol. The van der Waals surface area contributed by atoms with E-state index in [2.05, 4.69) is 30.2 Å². The van der Waals surface area contributed by atoms with E-state index in [1.165, 1.54) is 17.7 Å². The maximum absolute atomic E-state index is 12.3. The zero-order chi connectivity index (χ0) is 19.6. The predicted octanol–water partition coefficient (Wildman–Crippen LogP) is 4.20. The van der Waals surface area contributed by atoms with Crippen LogP contribution in [0.5, 0.6) is 0 Å². The summed E-state index contributed by atoms with van der Waals surface area (Å²) >= 11 is 1.52. The standard InChI is InChI=1S/C21H14N6OS/c28-16(14-5-2-1-3-6-14)9-13-10-23-21(24-11-13)27-19-18-17(25-12-26-19)15-7-4-8-22-20(15)29-18/h1-8,10-12H,9H2,(H,23,24,25,26,27). The number of carbonyl (C=O) groups is 1. The van der Waals surface area contributed by atoms with Crippen LogP contribution < -0.4 is 5.32 Å². The van der Waals surface area contributed by atoms with Crippen LogP contribution in [0.2, 0.25) is 0 Å². The average molecular weight is 398 g/mol. The third-order valence-electron chi connectivity index (χ3n) is 4.42. The minimum absolute atomic E-state index is 0.0326. The molecule has 8 heteroatoms. The van der Waals surface area contributed by atoms with Gasteiger partial charge in [0.05, 0.1) is 10.2 Å². The molecule has 0 aliphatic rings. The smallest absolute Gasteiger partial charge is 0.228 e. The fraction of sp³-hybridized carbons (Fsp3) is 0.0476. The molecule has 0 aliphatic heterocycles. The molecule has 0 saturated heterocycles. The molecule has 0 atom stereocenters. The van der Waals surface area contributed by atoms with Gasteiger partial charge < -0.3 is 5.32 Å². The largest absolute Gasteiger partial charge is 0.307 e. The highest BCUT2D eigenvalue weighted by atomic mass is 32.1. The monoisotopic (exact) mass is 398 g/mol. The summed E-state index contributed by atoms with van der Waals surface area (Å²) < 4.78 is 0.896. The molecule has 0 amide bonds. The SMILES string of the molecule is O=C(Cc1cnc(Nc2ncnc3c2sc2ncccc23)nc1)c1ccccc1. The fourth-order valence-corrected chi connectivity index (χ4v) is 4.07. The summed E-state index contributed by atoms with van der Waals surface area (Å²) in [6.07, 6.45) is 6.83. The summed E-state index contributed by atoms with van der Waals surface area (Å²) in [5, 5.41) is 4.14. The van der Waals surface area contributed by atoms with Gasteiger partial charge in [-0.1, -0.05) is 30.3 Å². The van der Waals surface area contributed by atoms with E-state index in [0.29, 0.717) is 17.3 Å². The number of thiophene rings is 1. The number of nitrogens with one attached hydrogen (secondary N) is 1. The highest BCUT2D eigenvalue weighted by molar-refractivity contribution is 7.25. The number of benzene rings is 1. The number of carbonyl (C=O) groups excluding carboxylic acids is 1. The van der Waals surface area contributed by atoms with Gasteiger partial charge in [-0.3, -0.25) is 4.79 Å². The van der Waals surface area contributed by atoms with E-state index in [4.69, 9.17) is 0 Å². The summed E-state index contributed by atoms with van der Waals surface area (Å²) in [5.74, 6) is 1.07. The molecular weight excluding hydrogens is 384 g/mol. The van der Waals surface area contributed by atoms with Crippen molar-refractivity contribution in [3.05, 3.63) is 78.5 Å². The summed E-state index contributed by atoms with van der Waals surface area (Å²) in [7, 11) is 0. The summed E-state index contributed by atoms with van der Waals surface area (Å²) in [5.41, 5.74) is 2.28. The zero-order valence-corrected chi connectivity index (χ0v) is 15.9. The Hall–Kier alpha value is -3.78. The first kappa shape index (κ1) is 17.3. The van der Waals surface area contributed by atoms with Crippen molar-refractivity contribution in [1.82, 2.24) is 24.9 Å². The maximum atomic E-state index is 12.3. The number of pyridine rings is 1. The third-order valence-corrected chi connectivity index (χ3v) is 5.53. The van der Waals surface area contributed by atoms with Crippen molar-refractivity contribution in [2.24, 2.45) is 0 Å². The molecule has 0 radical (unpaired) electrons. The fourth-order valence-electron chi connectivity index (χ4n) is 3.03. The number of Topliss-reactive ketones (excluding diaryl/α,β-unsaturated/α-hetero) is 1. The number of anilines is 2. The van der Waals surface area contributed by atoms with Gasteiger partial charge in [-0.15, -0.1) is 11.3 Å². The van der Waals surface area contributed by atoms with Gasteiger partial charge >= 0.3 is 0 Å². The molecule has 0 unspecified atom stereocenters. The Bertz CT molecular complexity index is 1320. The Morgan fingerprint density at radius 2 is 1.76 bits per heavy atom. The highest BCUT2D eigenvalue weighted by Crippen LogP contribution is 2.34. The Morgan fingerprint density at radius 1 is 0.931 bits per heavy atom. The van der Waals surface area contributed by atoms with Gasteiger partial charge in [0.15, 0.2) is 11.6 Å². The van der Waals surface area contributed by atoms with Crippen LogP contribution in [-0.4, -0.2) is 30.7 Å². The second kappa shape index (κ2) is 7.33. The number of rotatable bonds is 5. The van der Waals surface area contributed by atoms with Crippen LogP contribution >= 0.6 is 11.3 Å². The lowest BCUT2D eigenvalue weighted by molar-refractivity contribution is 0.0993. The summed E-state index contributed by atoms with van der Waals surface area (Å²) in [6, 6.07) is 13.1. The first-order chi connectivity index (χ1) is 14.3. The van der Waals surface area contributed by atoms with E-state index < -0.39 is 0 Å². The first-order valence-corrected chi connectivity index (χ1v) is 9.74. The molecule has 4 heterocycles. The van der Waals surface area contributed by atoms with Gasteiger partial charge in [0.2, 0.25) is 5.95 Å². The highest BCUT2D eigenvalue weighted by Gasteiger charge is 2.13. The molecule has 0 spiro atoms. The lowest BCUT2D eigenvalue weighted by Gasteiger charge is -2.05. The lowest BCUT2D eigenvalue weighted by Crippen LogP contribution is -2.05. The van der Waals surface area contributed by atoms with Crippen molar-refractivity contribution in [2.75, 3.05) is 5.32 Å². The molecule has 4 aromatic heterocycles. The number of fused-ring (bicyclic) bond motifs is 3. The van der Waals surface area contributed by atoms with Gasteiger partial charge in [-0.2, -0.15) is 0 Å². The Kier molecular flexibility index (Phi) is 4.38. The van der Waals surface area contributed by atoms with Crippen molar-refractivity contribution in [2.45, 2.75) is 6.42 Å². The van der Waals surface area contributed by atoms with Crippen molar-refractivity contribution in [3.63, 3.8) is 0 Å². The molecule has 0 aliphatic carbocycles. The van der Waals surface area contributed by atoms with Crippen LogP contribution in [0.3, 0.4) is 0 Å². The molecule has 0 fully saturated rings. The van der Waals surface area contributed by atoms with Crippen LogP contribution in [0.15, 0.2) is 67.4 Å². The molecular formula is C21H14N6OS. The number of nitrogens with zero attached hydrogens (tertiary/aromatic N) is 5. The van der Waals surface area contributed by atoms with E-state index in [1.54, 1.807) is 30.7 Å². The molecule has 5 aromatic rings. The number of hydrogen-bond donors (Lipinski definition) is 1. The van der Waals surface area contributed by atoms with Gasteiger partial charge in [-0.25, -0.2) is 24.9 Å². The average Bonchev–Trinajstić information content (AvgIpc) is 3.16. The van der Waals surface area contributed by atoms with Crippen molar-refractivity contribution < 1.29 is 4.79 Å². The number of hydrogen-bond acceptors (Lipinski definition) is 8. The molecule has 5 rings (SSSR count). The van der Waals surface area contributed by atoms with Crippen molar-refractivity contribution in [3.8, 4) is 0 Å². The van der Waals surface area contributed by atoms with E-state index in [9.17, 15) is 4.79 Å². The topological polar surface area (TPSA) is 93.6 Å². The Morgan fingerprint density at radius 3 is 2.59 bits per heavy atom. The van der Waals surface area contributed by atoms with E-state index in [0.717, 1.165) is 26.0 Å². The maximum Gasteiger partial charge on any atom is 0.228 e.